The van der Waals surface area contributed by atoms with E-state index in [2.05, 4.69) is 0 Å². The quantitative estimate of drug-likeness (QED) is 0.756. The third-order valence-electron chi connectivity index (χ3n) is 4.03. The number of aryl methyl sites for hydroxylation is 1. The van der Waals surface area contributed by atoms with Gasteiger partial charge in [-0.2, -0.15) is 5.06 Å². The number of hydrogen-bond donors (Lipinski definition) is 2. The van der Waals surface area contributed by atoms with Crippen molar-refractivity contribution in [1.82, 2.24) is 5.06 Å². The number of carbonyl (C=O) groups is 3. The van der Waals surface area contributed by atoms with Crippen LogP contribution >= 0.6 is 0 Å². The first-order chi connectivity index (χ1) is 12.9. The summed E-state index contributed by atoms with van der Waals surface area (Å²) in [6.07, 6.45) is -0.0869. The van der Waals surface area contributed by atoms with Crippen molar-refractivity contribution in [2.24, 2.45) is 0 Å². The van der Waals surface area contributed by atoms with Crippen LogP contribution in [0.2, 0.25) is 0 Å². The summed E-state index contributed by atoms with van der Waals surface area (Å²) in [4.78, 5) is 41.4. The van der Waals surface area contributed by atoms with Crippen molar-refractivity contribution in [3.8, 4) is 11.1 Å². The summed E-state index contributed by atoms with van der Waals surface area (Å²) in [7, 11) is 0. The Morgan fingerprint density at radius 3 is 2.30 bits per heavy atom. The summed E-state index contributed by atoms with van der Waals surface area (Å²) in [6, 6.07) is 12.7. The number of amides is 1. The van der Waals surface area contributed by atoms with Gasteiger partial charge in [0.1, 0.15) is 0 Å². The molecule has 142 valence electrons. The van der Waals surface area contributed by atoms with Crippen LogP contribution in [0.3, 0.4) is 0 Å². The van der Waals surface area contributed by atoms with E-state index in [0.29, 0.717) is 16.2 Å². The molecule has 0 unspecified atom stereocenters. The number of hydroxylamine groups is 2. The standard InChI is InChI=1S/C20H21NO6/c1-3-17(23)21(16(12-22)19(24)25)27-20(26)18-13(2)8-7-11-15(18)14-9-5-4-6-10-14/h4-11,16,22H,3,12H2,1-2H3,(H,24,25)/t16-/m0/s1. The van der Waals surface area contributed by atoms with Crippen LogP contribution in [0.1, 0.15) is 29.3 Å². The highest BCUT2D eigenvalue weighted by Gasteiger charge is 2.33. The molecule has 0 bridgehead atoms. The van der Waals surface area contributed by atoms with E-state index in [1.807, 2.05) is 30.3 Å². The van der Waals surface area contributed by atoms with Crippen LogP contribution in [0.5, 0.6) is 0 Å². The summed E-state index contributed by atoms with van der Waals surface area (Å²) in [5.41, 5.74) is 2.21. The third kappa shape index (κ3) is 4.51. The molecule has 7 nitrogen and oxygen atoms in total. The summed E-state index contributed by atoms with van der Waals surface area (Å²) < 4.78 is 0. The van der Waals surface area contributed by atoms with Crippen molar-refractivity contribution in [2.45, 2.75) is 26.3 Å². The molecule has 27 heavy (non-hydrogen) atoms. The molecule has 0 saturated heterocycles. The second-order valence-corrected chi connectivity index (χ2v) is 5.85. The predicted octanol–water partition coefficient (Wildman–Crippen LogP) is 2.42. The molecule has 0 aromatic heterocycles. The van der Waals surface area contributed by atoms with E-state index in [4.69, 9.17) is 4.84 Å². The number of carbonyl (C=O) groups excluding carboxylic acids is 2. The molecule has 2 rings (SSSR count). The lowest BCUT2D eigenvalue weighted by molar-refractivity contribution is -0.190. The minimum absolute atomic E-state index is 0.0869. The molecule has 7 heteroatoms. The normalized spacial score (nSPS) is 11.5. The van der Waals surface area contributed by atoms with Gasteiger partial charge in [-0.15, -0.1) is 0 Å². The fraction of sp³-hybridized carbons (Fsp3) is 0.250. The van der Waals surface area contributed by atoms with Crippen LogP contribution < -0.4 is 0 Å². The van der Waals surface area contributed by atoms with Crippen molar-refractivity contribution >= 4 is 17.8 Å². The van der Waals surface area contributed by atoms with Gasteiger partial charge in [0.05, 0.1) is 12.2 Å². The second-order valence-electron chi connectivity index (χ2n) is 5.85. The summed E-state index contributed by atoms with van der Waals surface area (Å²) >= 11 is 0. The molecule has 2 aromatic rings. The monoisotopic (exact) mass is 371 g/mol. The zero-order valence-electron chi connectivity index (χ0n) is 15.1. The van der Waals surface area contributed by atoms with Crippen LogP contribution in [-0.4, -0.2) is 45.8 Å². The molecule has 0 saturated carbocycles. The smallest absolute Gasteiger partial charge is 0.364 e. The maximum Gasteiger partial charge on any atom is 0.364 e. The van der Waals surface area contributed by atoms with Gasteiger partial charge in [-0.3, -0.25) is 4.79 Å². The number of hydrogen-bond acceptors (Lipinski definition) is 5. The van der Waals surface area contributed by atoms with E-state index < -0.39 is 30.5 Å². The summed E-state index contributed by atoms with van der Waals surface area (Å²) in [5.74, 6) is -3.06. The van der Waals surface area contributed by atoms with Gasteiger partial charge in [-0.1, -0.05) is 55.5 Å². The van der Waals surface area contributed by atoms with Gasteiger partial charge in [0.25, 0.3) is 5.91 Å². The molecule has 0 spiro atoms. The number of aliphatic hydroxyl groups is 1. The first kappa shape index (κ1) is 20.1. The maximum absolute atomic E-state index is 12.8. The Labute approximate surface area is 156 Å². The number of carboxylic acids is 1. The van der Waals surface area contributed by atoms with E-state index in [1.54, 1.807) is 25.1 Å². The first-order valence-electron chi connectivity index (χ1n) is 8.43. The SMILES string of the molecule is CCC(=O)N(OC(=O)c1c(C)cccc1-c1ccccc1)[C@@H](CO)C(=O)O. The Morgan fingerprint density at radius 1 is 1.07 bits per heavy atom. The van der Waals surface area contributed by atoms with Crippen molar-refractivity contribution < 1.29 is 29.4 Å². The summed E-state index contributed by atoms with van der Waals surface area (Å²) in [6.45, 7) is 2.34. The minimum atomic E-state index is -1.68. The Bertz CT molecular complexity index is 834. The van der Waals surface area contributed by atoms with Crippen LogP contribution in [0.4, 0.5) is 0 Å². The van der Waals surface area contributed by atoms with Gasteiger partial charge in [-0.05, 0) is 23.6 Å². The molecule has 0 aliphatic carbocycles. The molecule has 2 N–H and O–H groups in total. The second kappa shape index (κ2) is 8.95. The van der Waals surface area contributed by atoms with Gasteiger partial charge >= 0.3 is 11.9 Å². The molecule has 0 radical (unpaired) electrons. The van der Waals surface area contributed by atoms with Crippen LogP contribution in [0.15, 0.2) is 48.5 Å². The molecule has 0 aliphatic rings. The number of carboxylic acid groups (broad SMARTS) is 1. The van der Waals surface area contributed by atoms with Crippen LogP contribution in [0.25, 0.3) is 11.1 Å². The van der Waals surface area contributed by atoms with Gasteiger partial charge in [0.2, 0.25) is 0 Å². The van der Waals surface area contributed by atoms with E-state index >= 15 is 0 Å². The molecule has 2 aromatic carbocycles. The molecule has 0 fully saturated rings. The predicted molar refractivity (Wildman–Crippen MR) is 97.7 cm³/mol. The third-order valence-corrected chi connectivity index (χ3v) is 4.03. The lowest BCUT2D eigenvalue weighted by Gasteiger charge is -2.26. The van der Waals surface area contributed by atoms with Gasteiger partial charge in [-0.25, -0.2) is 9.59 Å². The topological polar surface area (TPSA) is 104 Å². The van der Waals surface area contributed by atoms with Crippen molar-refractivity contribution in [1.29, 1.82) is 0 Å². The van der Waals surface area contributed by atoms with Crippen molar-refractivity contribution in [3.05, 3.63) is 59.7 Å². The fourth-order valence-corrected chi connectivity index (χ4v) is 2.63. The highest BCUT2D eigenvalue weighted by atomic mass is 16.7. The molecular formula is C20H21NO6. The van der Waals surface area contributed by atoms with Gasteiger partial charge < -0.3 is 15.1 Å². The lowest BCUT2D eigenvalue weighted by atomic mass is 9.96. The molecular weight excluding hydrogens is 350 g/mol. The van der Waals surface area contributed by atoms with E-state index in [9.17, 15) is 24.6 Å². The van der Waals surface area contributed by atoms with E-state index in [1.165, 1.54) is 6.92 Å². The Balaban J connectivity index is 2.44. The Kier molecular flexibility index (Phi) is 6.67. The van der Waals surface area contributed by atoms with Crippen LogP contribution in [0, 0.1) is 6.92 Å². The average Bonchev–Trinajstić information content (AvgIpc) is 2.67. The number of aliphatic hydroxyl groups excluding tert-OH is 1. The van der Waals surface area contributed by atoms with Crippen LogP contribution in [-0.2, 0) is 14.4 Å². The molecule has 0 heterocycles. The van der Waals surface area contributed by atoms with Gasteiger partial charge in [0, 0.05) is 6.42 Å². The average molecular weight is 371 g/mol. The summed E-state index contributed by atoms with van der Waals surface area (Å²) in [5, 5.41) is 19.0. The largest absolute Gasteiger partial charge is 0.480 e. The van der Waals surface area contributed by atoms with E-state index in [-0.39, 0.29) is 12.0 Å². The fourth-order valence-electron chi connectivity index (χ4n) is 2.63. The Morgan fingerprint density at radius 2 is 1.74 bits per heavy atom. The number of aliphatic carboxylic acids is 1. The minimum Gasteiger partial charge on any atom is -0.480 e. The number of rotatable bonds is 6. The van der Waals surface area contributed by atoms with Crippen molar-refractivity contribution in [3.63, 3.8) is 0 Å². The lowest BCUT2D eigenvalue weighted by Crippen LogP contribution is -2.48. The molecule has 1 amide bonds. The number of benzene rings is 2. The van der Waals surface area contributed by atoms with E-state index in [0.717, 1.165) is 5.56 Å². The highest BCUT2D eigenvalue weighted by Crippen LogP contribution is 2.27. The zero-order valence-corrected chi connectivity index (χ0v) is 15.1. The Hall–Kier alpha value is -3.19. The zero-order chi connectivity index (χ0) is 20.0. The maximum atomic E-state index is 12.8. The van der Waals surface area contributed by atoms with Crippen molar-refractivity contribution in [2.75, 3.05) is 6.61 Å². The molecule has 0 aliphatic heterocycles. The molecule has 1 atom stereocenters. The first-order valence-corrected chi connectivity index (χ1v) is 8.43. The number of nitrogens with zero attached hydrogens (tertiary/aromatic N) is 1. The van der Waals surface area contributed by atoms with Gasteiger partial charge in [0.15, 0.2) is 6.04 Å². The highest BCUT2D eigenvalue weighted by molar-refractivity contribution is 5.99.